The molecule has 0 N–H and O–H groups in total. The summed E-state index contributed by atoms with van der Waals surface area (Å²) in [5.74, 6) is -0.264. The summed E-state index contributed by atoms with van der Waals surface area (Å²) < 4.78 is 12.8. The van der Waals surface area contributed by atoms with Crippen LogP contribution in [0.15, 0.2) is 30.3 Å². The quantitative estimate of drug-likeness (QED) is 0.726. The lowest BCUT2D eigenvalue weighted by Crippen LogP contribution is -2.21. The van der Waals surface area contributed by atoms with Crippen LogP contribution in [0.1, 0.15) is 19.4 Å². The van der Waals surface area contributed by atoms with Crippen LogP contribution in [0.3, 0.4) is 0 Å². The van der Waals surface area contributed by atoms with Crippen LogP contribution in [0.25, 0.3) is 5.70 Å². The third-order valence-corrected chi connectivity index (χ3v) is 2.45. The van der Waals surface area contributed by atoms with Gasteiger partial charge in [-0.2, -0.15) is 5.26 Å². The molecule has 0 aromatic heterocycles. The second kappa shape index (κ2) is 5.92. The van der Waals surface area contributed by atoms with Crippen LogP contribution in [-0.2, 0) is 0 Å². The van der Waals surface area contributed by atoms with Gasteiger partial charge in [0.1, 0.15) is 5.82 Å². The van der Waals surface area contributed by atoms with Crippen molar-refractivity contribution in [1.82, 2.24) is 4.90 Å². The second-order valence-electron chi connectivity index (χ2n) is 3.34. The van der Waals surface area contributed by atoms with Gasteiger partial charge >= 0.3 is 0 Å². The highest BCUT2D eigenvalue weighted by atomic mass is 19.1. The van der Waals surface area contributed by atoms with E-state index < -0.39 is 0 Å². The summed E-state index contributed by atoms with van der Waals surface area (Å²) in [6.07, 6.45) is 1.50. The van der Waals surface area contributed by atoms with Crippen molar-refractivity contribution in [3.63, 3.8) is 0 Å². The highest BCUT2D eigenvalue weighted by Gasteiger charge is 2.08. The van der Waals surface area contributed by atoms with E-state index in [0.29, 0.717) is 0 Å². The Labute approximate surface area is 95.6 Å². The zero-order valence-electron chi connectivity index (χ0n) is 9.57. The van der Waals surface area contributed by atoms with Gasteiger partial charge in [-0.05, 0) is 43.7 Å². The standard InChI is InChI=1S/C13H15FN2/c1-3-16(4-2)13(9-10-15)11-5-7-12(14)8-6-11/h5-9H,3-4H2,1-2H3/b13-9-. The van der Waals surface area contributed by atoms with E-state index in [9.17, 15) is 4.39 Å². The molecular formula is C13H15FN2. The third-order valence-electron chi connectivity index (χ3n) is 2.45. The summed E-state index contributed by atoms with van der Waals surface area (Å²) in [7, 11) is 0. The number of nitriles is 1. The maximum Gasteiger partial charge on any atom is 0.123 e. The summed E-state index contributed by atoms with van der Waals surface area (Å²) in [5.41, 5.74) is 1.71. The summed E-state index contributed by atoms with van der Waals surface area (Å²) >= 11 is 0. The summed E-state index contributed by atoms with van der Waals surface area (Å²) in [5, 5.41) is 8.77. The Bertz CT molecular complexity index is 397. The smallest absolute Gasteiger partial charge is 0.123 e. The van der Waals surface area contributed by atoms with Gasteiger partial charge in [-0.3, -0.25) is 0 Å². The monoisotopic (exact) mass is 218 g/mol. The minimum Gasteiger partial charge on any atom is -0.371 e. The van der Waals surface area contributed by atoms with E-state index in [2.05, 4.69) is 4.90 Å². The van der Waals surface area contributed by atoms with Crippen molar-refractivity contribution in [1.29, 1.82) is 5.26 Å². The lowest BCUT2D eigenvalue weighted by molar-refractivity contribution is 0.442. The van der Waals surface area contributed by atoms with Crippen LogP contribution in [0.5, 0.6) is 0 Å². The molecular weight excluding hydrogens is 203 g/mol. The fraction of sp³-hybridized carbons (Fsp3) is 0.308. The maximum absolute atomic E-state index is 12.8. The van der Waals surface area contributed by atoms with E-state index in [0.717, 1.165) is 24.4 Å². The predicted octanol–water partition coefficient (Wildman–Crippen LogP) is 3.03. The average Bonchev–Trinajstić information content (AvgIpc) is 2.31. The lowest BCUT2D eigenvalue weighted by Gasteiger charge is -2.23. The number of rotatable bonds is 4. The van der Waals surface area contributed by atoms with Gasteiger partial charge in [-0.15, -0.1) is 0 Å². The largest absolute Gasteiger partial charge is 0.371 e. The first-order valence-electron chi connectivity index (χ1n) is 5.33. The molecule has 0 radical (unpaired) electrons. The molecule has 1 aromatic carbocycles. The SMILES string of the molecule is CCN(CC)/C(=C\C#N)c1ccc(F)cc1. The third kappa shape index (κ3) is 2.83. The van der Waals surface area contributed by atoms with Crippen molar-refractivity contribution >= 4 is 5.70 Å². The molecule has 1 rings (SSSR count). The maximum atomic E-state index is 12.8. The molecule has 0 amide bonds. The highest BCUT2D eigenvalue weighted by Crippen LogP contribution is 2.18. The van der Waals surface area contributed by atoms with E-state index in [1.807, 2.05) is 19.9 Å². The van der Waals surface area contributed by atoms with Gasteiger partial charge in [0.05, 0.1) is 11.8 Å². The Balaban J connectivity index is 3.08. The molecule has 2 nitrogen and oxygen atoms in total. The van der Waals surface area contributed by atoms with Crippen molar-refractivity contribution in [2.75, 3.05) is 13.1 Å². The molecule has 1 aromatic rings. The fourth-order valence-electron chi connectivity index (χ4n) is 1.60. The topological polar surface area (TPSA) is 27.0 Å². The predicted molar refractivity (Wildman–Crippen MR) is 62.9 cm³/mol. The molecule has 0 saturated heterocycles. The van der Waals surface area contributed by atoms with Gasteiger partial charge in [-0.1, -0.05) is 0 Å². The van der Waals surface area contributed by atoms with Crippen molar-refractivity contribution in [2.24, 2.45) is 0 Å². The van der Waals surface area contributed by atoms with E-state index in [1.54, 1.807) is 12.1 Å². The molecule has 0 aliphatic carbocycles. The van der Waals surface area contributed by atoms with Crippen molar-refractivity contribution in [2.45, 2.75) is 13.8 Å². The van der Waals surface area contributed by atoms with Crippen LogP contribution in [0, 0.1) is 17.1 Å². The van der Waals surface area contributed by atoms with Gasteiger partial charge in [0.2, 0.25) is 0 Å². The number of hydrogen-bond acceptors (Lipinski definition) is 2. The normalized spacial score (nSPS) is 11.0. The molecule has 3 heteroatoms. The highest BCUT2D eigenvalue weighted by molar-refractivity contribution is 5.66. The molecule has 16 heavy (non-hydrogen) atoms. The van der Waals surface area contributed by atoms with Gasteiger partial charge < -0.3 is 4.90 Å². The Morgan fingerprint density at radius 1 is 1.31 bits per heavy atom. The van der Waals surface area contributed by atoms with Crippen LogP contribution >= 0.6 is 0 Å². The number of hydrogen-bond donors (Lipinski definition) is 0. The number of allylic oxidation sites excluding steroid dienone is 1. The van der Waals surface area contributed by atoms with Gasteiger partial charge in [0.25, 0.3) is 0 Å². The molecule has 0 aliphatic heterocycles. The van der Waals surface area contributed by atoms with Crippen LogP contribution in [0.4, 0.5) is 4.39 Å². The molecule has 0 spiro atoms. The van der Waals surface area contributed by atoms with Crippen molar-refractivity contribution < 1.29 is 4.39 Å². The Hall–Kier alpha value is -1.82. The summed E-state index contributed by atoms with van der Waals surface area (Å²) in [4.78, 5) is 2.07. The van der Waals surface area contributed by atoms with E-state index in [-0.39, 0.29) is 5.82 Å². The molecule has 0 bridgehead atoms. The molecule has 0 saturated carbocycles. The number of nitrogens with zero attached hydrogens (tertiary/aromatic N) is 2. The molecule has 0 fully saturated rings. The van der Waals surface area contributed by atoms with E-state index >= 15 is 0 Å². The molecule has 0 atom stereocenters. The minimum atomic E-state index is -0.264. The first kappa shape index (κ1) is 12.3. The van der Waals surface area contributed by atoms with Gasteiger partial charge in [0, 0.05) is 19.2 Å². The Morgan fingerprint density at radius 2 is 1.88 bits per heavy atom. The molecule has 0 aliphatic rings. The van der Waals surface area contributed by atoms with E-state index in [1.165, 1.54) is 18.2 Å². The molecule has 0 heterocycles. The zero-order chi connectivity index (χ0) is 12.0. The number of halogens is 1. The van der Waals surface area contributed by atoms with Crippen LogP contribution in [0.2, 0.25) is 0 Å². The number of benzene rings is 1. The van der Waals surface area contributed by atoms with E-state index in [4.69, 9.17) is 5.26 Å². The lowest BCUT2D eigenvalue weighted by atomic mass is 10.1. The van der Waals surface area contributed by atoms with Gasteiger partial charge in [0.15, 0.2) is 0 Å². The van der Waals surface area contributed by atoms with Crippen molar-refractivity contribution in [3.05, 3.63) is 41.7 Å². The zero-order valence-corrected chi connectivity index (χ0v) is 9.57. The Morgan fingerprint density at radius 3 is 2.31 bits per heavy atom. The van der Waals surface area contributed by atoms with Crippen LogP contribution < -0.4 is 0 Å². The first-order valence-corrected chi connectivity index (χ1v) is 5.33. The minimum absolute atomic E-state index is 0.264. The molecule has 0 unspecified atom stereocenters. The molecule has 84 valence electrons. The second-order valence-corrected chi connectivity index (χ2v) is 3.34. The Kier molecular flexibility index (Phi) is 4.53. The average molecular weight is 218 g/mol. The van der Waals surface area contributed by atoms with Gasteiger partial charge in [-0.25, -0.2) is 4.39 Å². The summed E-state index contributed by atoms with van der Waals surface area (Å²) in [6.45, 7) is 5.69. The van der Waals surface area contributed by atoms with Crippen molar-refractivity contribution in [3.8, 4) is 6.07 Å². The first-order chi connectivity index (χ1) is 7.72. The fourth-order valence-corrected chi connectivity index (χ4v) is 1.60. The summed E-state index contributed by atoms with van der Waals surface area (Å²) in [6, 6.07) is 8.23. The van der Waals surface area contributed by atoms with Crippen LogP contribution in [-0.4, -0.2) is 18.0 Å².